The summed E-state index contributed by atoms with van der Waals surface area (Å²) < 4.78 is 16.2. The molecule has 7 nitrogen and oxygen atoms in total. The van der Waals surface area contributed by atoms with E-state index >= 15 is 0 Å². The Bertz CT molecular complexity index is 695. The number of carbonyl (C=O) groups is 1. The normalized spacial score (nSPS) is 17.6. The zero-order valence-corrected chi connectivity index (χ0v) is 14.5. The number of amides is 1. The van der Waals surface area contributed by atoms with Crippen LogP contribution in [0.2, 0.25) is 0 Å². The van der Waals surface area contributed by atoms with Crippen LogP contribution in [0.4, 0.5) is 0 Å². The number of hydrogen-bond acceptors (Lipinski definition) is 5. The Kier molecular flexibility index (Phi) is 6.25. The van der Waals surface area contributed by atoms with Gasteiger partial charge in [-0.2, -0.15) is 0 Å². The Hall–Kier alpha value is -2.12. The molecule has 0 spiro atoms. The average Bonchev–Trinajstić information content (AvgIpc) is 3.04. The fourth-order valence-corrected chi connectivity index (χ4v) is 2.88. The van der Waals surface area contributed by atoms with E-state index in [4.69, 9.17) is 14.2 Å². The summed E-state index contributed by atoms with van der Waals surface area (Å²) in [6, 6.07) is 5.70. The van der Waals surface area contributed by atoms with Crippen molar-refractivity contribution >= 4 is 16.9 Å². The van der Waals surface area contributed by atoms with Gasteiger partial charge in [0.2, 0.25) is 5.91 Å². The summed E-state index contributed by atoms with van der Waals surface area (Å²) in [6.45, 7) is 1.86. The zero-order chi connectivity index (χ0) is 17.5. The average molecular weight is 347 g/mol. The van der Waals surface area contributed by atoms with Crippen molar-refractivity contribution in [3.8, 4) is 5.75 Å². The van der Waals surface area contributed by atoms with Gasteiger partial charge in [-0.15, -0.1) is 0 Å². The van der Waals surface area contributed by atoms with E-state index in [0.717, 1.165) is 42.1 Å². The maximum Gasteiger partial charge on any atom is 0.246 e. The molecular formula is C18H25N3O4. The molecule has 25 heavy (non-hydrogen) atoms. The Morgan fingerprint density at radius 3 is 3.16 bits per heavy atom. The highest BCUT2D eigenvalue weighted by molar-refractivity contribution is 5.77. The molecule has 1 saturated heterocycles. The van der Waals surface area contributed by atoms with Crippen molar-refractivity contribution in [1.29, 1.82) is 0 Å². The molecule has 7 heteroatoms. The highest BCUT2D eigenvalue weighted by Crippen LogP contribution is 2.18. The molecule has 1 aliphatic heterocycles. The number of aromatic amines is 1. The van der Waals surface area contributed by atoms with Gasteiger partial charge in [0.05, 0.1) is 30.9 Å². The first-order chi connectivity index (χ1) is 12.2. The fraction of sp³-hybridized carbons (Fsp3) is 0.556. The number of imidazole rings is 1. The number of aromatic nitrogens is 2. The van der Waals surface area contributed by atoms with Crippen LogP contribution in [0.25, 0.3) is 11.0 Å². The molecule has 1 aliphatic rings. The van der Waals surface area contributed by atoms with E-state index in [1.54, 1.807) is 7.11 Å². The molecule has 1 aromatic carbocycles. The Morgan fingerprint density at radius 2 is 2.36 bits per heavy atom. The Balaban J connectivity index is 1.36. The monoisotopic (exact) mass is 347 g/mol. The molecule has 0 aliphatic carbocycles. The summed E-state index contributed by atoms with van der Waals surface area (Å²) in [5.74, 6) is 1.50. The van der Waals surface area contributed by atoms with Gasteiger partial charge in [0.25, 0.3) is 0 Å². The summed E-state index contributed by atoms with van der Waals surface area (Å²) in [7, 11) is 1.64. The number of ether oxygens (including phenoxy) is 3. The van der Waals surface area contributed by atoms with Gasteiger partial charge < -0.3 is 24.5 Å². The highest BCUT2D eigenvalue weighted by Gasteiger charge is 2.14. The maximum atomic E-state index is 11.8. The lowest BCUT2D eigenvalue weighted by Crippen LogP contribution is -2.32. The first kappa shape index (κ1) is 17.7. The SMILES string of the molecule is COc1ccc2nc(CCNC(=O)COC[C@H]3CCCCO3)[nH]c2c1. The van der Waals surface area contributed by atoms with Crippen LogP contribution in [-0.4, -0.2) is 55.5 Å². The molecule has 1 aromatic heterocycles. The van der Waals surface area contributed by atoms with Crippen molar-refractivity contribution in [3.63, 3.8) is 0 Å². The van der Waals surface area contributed by atoms with Crippen molar-refractivity contribution in [2.45, 2.75) is 31.8 Å². The molecule has 0 unspecified atom stereocenters. The minimum Gasteiger partial charge on any atom is -0.497 e. The second kappa shape index (κ2) is 8.82. The van der Waals surface area contributed by atoms with E-state index < -0.39 is 0 Å². The number of nitrogens with one attached hydrogen (secondary N) is 2. The molecule has 1 amide bonds. The van der Waals surface area contributed by atoms with Crippen molar-refractivity contribution in [2.75, 3.05) is 33.5 Å². The molecule has 136 valence electrons. The first-order valence-electron chi connectivity index (χ1n) is 8.73. The van der Waals surface area contributed by atoms with Crippen molar-refractivity contribution in [2.24, 2.45) is 0 Å². The van der Waals surface area contributed by atoms with Gasteiger partial charge in [-0.05, 0) is 31.4 Å². The molecule has 3 rings (SSSR count). The number of rotatable bonds is 8. The maximum absolute atomic E-state index is 11.8. The van der Waals surface area contributed by atoms with Crippen LogP contribution >= 0.6 is 0 Å². The number of nitrogens with zero attached hydrogens (tertiary/aromatic N) is 1. The quantitative estimate of drug-likeness (QED) is 0.761. The van der Waals surface area contributed by atoms with Crippen LogP contribution in [-0.2, 0) is 20.7 Å². The molecule has 0 bridgehead atoms. The summed E-state index contributed by atoms with van der Waals surface area (Å²) in [5, 5.41) is 2.85. The standard InChI is InChI=1S/C18H25N3O4/c1-23-13-5-6-15-16(10-13)21-17(20-15)7-8-19-18(22)12-24-11-14-4-2-3-9-25-14/h5-6,10,14H,2-4,7-9,11-12H2,1H3,(H,19,22)(H,20,21)/t14-/m1/s1. The van der Waals surface area contributed by atoms with E-state index in [1.165, 1.54) is 6.42 Å². The van der Waals surface area contributed by atoms with Crippen molar-refractivity contribution in [1.82, 2.24) is 15.3 Å². The van der Waals surface area contributed by atoms with Crippen molar-refractivity contribution < 1.29 is 19.0 Å². The fourth-order valence-electron chi connectivity index (χ4n) is 2.88. The van der Waals surface area contributed by atoms with Gasteiger partial charge in [-0.25, -0.2) is 4.98 Å². The van der Waals surface area contributed by atoms with Crippen molar-refractivity contribution in [3.05, 3.63) is 24.0 Å². The number of methoxy groups -OCH3 is 1. The topological polar surface area (TPSA) is 85.5 Å². The van der Waals surface area contributed by atoms with E-state index in [-0.39, 0.29) is 18.6 Å². The lowest BCUT2D eigenvalue weighted by molar-refractivity contribution is -0.127. The summed E-state index contributed by atoms with van der Waals surface area (Å²) in [5.41, 5.74) is 1.81. The molecule has 2 N–H and O–H groups in total. The van der Waals surface area contributed by atoms with Crippen LogP contribution in [0.3, 0.4) is 0 Å². The Labute approximate surface area is 147 Å². The summed E-state index contributed by atoms with van der Waals surface area (Å²) in [4.78, 5) is 19.5. The van der Waals surface area contributed by atoms with Gasteiger partial charge in [-0.1, -0.05) is 0 Å². The zero-order valence-electron chi connectivity index (χ0n) is 14.5. The molecule has 0 saturated carbocycles. The smallest absolute Gasteiger partial charge is 0.246 e. The van der Waals surface area contributed by atoms with Crippen LogP contribution in [0, 0.1) is 0 Å². The number of H-pyrrole nitrogens is 1. The van der Waals surface area contributed by atoms with Crippen LogP contribution in [0.5, 0.6) is 5.75 Å². The van der Waals surface area contributed by atoms with Gasteiger partial charge in [0, 0.05) is 25.6 Å². The second-order valence-corrected chi connectivity index (χ2v) is 6.17. The second-order valence-electron chi connectivity index (χ2n) is 6.17. The molecule has 2 aromatic rings. The molecule has 1 atom stereocenters. The minimum absolute atomic E-state index is 0.0667. The van der Waals surface area contributed by atoms with E-state index in [0.29, 0.717) is 19.6 Å². The van der Waals surface area contributed by atoms with Crippen LogP contribution in [0.1, 0.15) is 25.1 Å². The van der Waals surface area contributed by atoms with Crippen LogP contribution < -0.4 is 10.1 Å². The summed E-state index contributed by atoms with van der Waals surface area (Å²) >= 11 is 0. The van der Waals surface area contributed by atoms with Gasteiger partial charge in [0.1, 0.15) is 18.2 Å². The molecular weight excluding hydrogens is 322 g/mol. The van der Waals surface area contributed by atoms with E-state index in [9.17, 15) is 4.79 Å². The Morgan fingerprint density at radius 1 is 1.44 bits per heavy atom. The molecule has 2 heterocycles. The third kappa shape index (κ3) is 5.17. The molecule has 1 fully saturated rings. The van der Waals surface area contributed by atoms with Gasteiger partial charge in [0.15, 0.2) is 0 Å². The predicted octanol–water partition coefficient (Wildman–Crippen LogP) is 1.82. The van der Waals surface area contributed by atoms with E-state index in [1.807, 2.05) is 18.2 Å². The largest absolute Gasteiger partial charge is 0.497 e. The van der Waals surface area contributed by atoms with Gasteiger partial charge in [-0.3, -0.25) is 4.79 Å². The van der Waals surface area contributed by atoms with E-state index in [2.05, 4.69) is 15.3 Å². The number of benzene rings is 1. The number of carbonyl (C=O) groups excluding carboxylic acids is 1. The predicted molar refractivity (Wildman–Crippen MR) is 93.8 cm³/mol. The molecule has 0 radical (unpaired) electrons. The third-order valence-electron chi connectivity index (χ3n) is 4.23. The first-order valence-corrected chi connectivity index (χ1v) is 8.73. The van der Waals surface area contributed by atoms with Crippen LogP contribution in [0.15, 0.2) is 18.2 Å². The number of hydrogen-bond donors (Lipinski definition) is 2. The van der Waals surface area contributed by atoms with Gasteiger partial charge >= 0.3 is 0 Å². The number of fused-ring (bicyclic) bond motifs is 1. The minimum atomic E-state index is -0.117. The lowest BCUT2D eigenvalue weighted by Gasteiger charge is -2.22. The highest BCUT2D eigenvalue weighted by atomic mass is 16.5. The summed E-state index contributed by atoms with van der Waals surface area (Å²) in [6.07, 6.45) is 4.07. The third-order valence-corrected chi connectivity index (χ3v) is 4.23. The lowest BCUT2D eigenvalue weighted by atomic mass is 10.1.